The smallest absolute Gasteiger partial charge is 0.0207 e. The summed E-state index contributed by atoms with van der Waals surface area (Å²) in [6.45, 7) is 1.61. The topological polar surface area (TPSA) is 37.9 Å². The third-order valence-electron chi connectivity index (χ3n) is 2.16. The first kappa shape index (κ1) is 16.3. The Morgan fingerprint density at radius 2 is 1.93 bits per heavy atom. The van der Waals surface area contributed by atoms with Crippen LogP contribution < -0.4 is 0 Å². The van der Waals surface area contributed by atoms with E-state index in [9.17, 15) is 0 Å². The van der Waals surface area contributed by atoms with Crippen LogP contribution in [0.1, 0.15) is 11.1 Å². The van der Waals surface area contributed by atoms with Crippen molar-refractivity contribution in [2.24, 2.45) is 0 Å². The third-order valence-corrected chi connectivity index (χ3v) is 2.91. The second-order valence-corrected chi connectivity index (χ2v) is 3.76. The number of nitrogens with one attached hydrogen (secondary N) is 1. The van der Waals surface area contributed by atoms with Crippen molar-refractivity contribution in [2.45, 2.75) is 13.0 Å². The fourth-order valence-electron chi connectivity index (χ4n) is 1.50. The van der Waals surface area contributed by atoms with Crippen molar-refractivity contribution >= 4 is 21.6 Å². The molecule has 0 fully saturated rings. The predicted molar refractivity (Wildman–Crippen MR) is 53.8 cm³/mol. The molecule has 5 heteroatoms. The van der Waals surface area contributed by atoms with Crippen LogP contribution in [0.15, 0.2) is 16.6 Å². The number of halogens is 1. The molecule has 0 saturated heterocycles. The molecular weight excluding hydrogens is 670 g/mol. The van der Waals surface area contributed by atoms with E-state index in [1.807, 2.05) is 12.1 Å². The van der Waals surface area contributed by atoms with Gasteiger partial charge in [0.15, 0.2) is 0 Å². The largest absolute Gasteiger partial charge is 0.699 e. The molecule has 2 rings (SSSR count). The Bertz CT molecular complexity index is 287. The van der Waals surface area contributed by atoms with Crippen LogP contribution in [0.4, 0.5) is 5.69 Å². The molecule has 0 bridgehead atoms. The van der Waals surface area contributed by atoms with Gasteiger partial charge in [-0.15, -0.1) is 18.8 Å². The second kappa shape index (κ2) is 7.63. The molecular formula is C9H9Ac2BrN2-2. The molecule has 0 saturated carbocycles. The van der Waals surface area contributed by atoms with Gasteiger partial charge in [-0.3, -0.25) is 0 Å². The number of hydrogen-bond acceptors (Lipinski definition) is 0. The van der Waals surface area contributed by atoms with Gasteiger partial charge in [0.05, 0.1) is 0 Å². The van der Waals surface area contributed by atoms with Crippen molar-refractivity contribution in [3.8, 4) is 0 Å². The molecule has 0 aliphatic carbocycles. The quantitative estimate of drug-likeness (QED) is 0.403. The van der Waals surface area contributed by atoms with Gasteiger partial charge in [0, 0.05) is 92.6 Å². The molecule has 1 aromatic rings. The summed E-state index contributed by atoms with van der Waals surface area (Å²) in [7, 11) is 0. The molecule has 1 heterocycles. The van der Waals surface area contributed by atoms with Crippen LogP contribution in [0.3, 0.4) is 0 Å². The summed E-state index contributed by atoms with van der Waals surface area (Å²) >= 11 is 3.49. The molecule has 1 aliphatic heterocycles. The Kier molecular flexibility index (Phi) is 8.90. The van der Waals surface area contributed by atoms with Gasteiger partial charge in [-0.25, -0.2) is 0 Å². The molecule has 0 amide bonds. The van der Waals surface area contributed by atoms with E-state index >= 15 is 0 Å². The first-order valence-electron chi connectivity index (χ1n) is 3.94. The average Bonchev–Trinajstić information content (AvgIpc) is 2.12. The monoisotopic (exact) mass is 678 g/mol. The summed E-state index contributed by atoms with van der Waals surface area (Å²) in [4.78, 5) is 0. The van der Waals surface area contributed by atoms with E-state index in [1.165, 1.54) is 5.56 Å². The van der Waals surface area contributed by atoms with Gasteiger partial charge in [0.1, 0.15) is 0 Å². The van der Waals surface area contributed by atoms with E-state index in [-0.39, 0.29) is 88.1 Å². The number of benzene rings is 1. The Labute approximate surface area is 164 Å². The van der Waals surface area contributed by atoms with Crippen molar-refractivity contribution < 1.29 is 88.1 Å². The van der Waals surface area contributed by atoms with Crippen LogP contribution in [0.2, 0.25) is 0 Å². The van der Waals surface area contributed by atoms with Crippen LogP contribution in [-0.2, 0) is 13.0 Å². The van der Waals surface area contributed by atoms with E-state index < -0.39 is 0 Å². The third kappa shape index (κ3) is 3.68. The fraction of sp³-hybridized carbons (Fsp3) is 0.333. The van der Waals surface area contributed by atoms with Crippen LogP contribution in [0.5, 0.6) is 0 Å². The summed E-state index contributed by atoms with van der Waals surface area (Å²) in [6, 6.07) is 3.77. The summed E-state index contributed by atoms with van der Waals surface area (Å²) in [6.07, 6.45) is 0.975. The molecule has 1 aliphatic rings. The minimum absolute atomic E-state index is 0. The van der Waals surface area contributed by atoms with Gasteiger partial charge in [-0.2, -0.15) is 0 Å². The molecule has 70 valence electrons. The summed E-state index contributed by atoms with van der Waals surface area (Å²) in [5.74, 6) is 0. The Hall–Kier alpha value is 2.34. The van der Waals surface area contributed by atoms with E-state index in [1.54, 1.807) is 0 Å². The van der Waals surface area contributed by atoms with Crippen LogP contribution >= 0.6 is 15.9 Å². The number of nitrogens with zero attached hydrogens (tertiary/aromatic N) is 1. The first-order chi connectivity index (χ1) is 5.79. The average molecular weight is 679 g/mol. The maximum absolute atomic E-state index is 7.66. The van der Waals surface area contributed by atoms with Gasteiger partial charge in [-0.05, 0) is 18.1 Å². The van der Waals surface area contributed by atoms with Gasteiger partial charge in [0.2, 0.25) is 0 Å². The zero-order chi connectivity index (χ0) is 8.55. The summed E-state index contributed by atoms with van der Waals surface area (Å²) in [5, 5.41) is 4.28. The number of hydrogen-bond donors (Lipinski definition) is 0. The molecule has 0 spiro atoms. The Balaban J connectivity index is 0.000000845. The molecule has 1 aromatic carbocycles. The van der Waals surface area contributed by atoms with E-state index in [0.717, 1.165) is 23.0 Å². The molecule has 1 N–H and O–H groups in total. The SMILES string of the molecule is [Ac].[Ac].[NH-]c1ccc(Br)c2c1C[N-]CC2. The van der Waals surface area contributed by atoms with E-state index in [0.29, 0.717) is 12.2 Å². The minimum Gasteiger partial charge on any atom is -0.699 e. The van der Waals surface area contributed by atoms with Crippen molar-refractivity contribution in [1.82, 2.24) is 0 Å². The van der Waals surface area contributed by atoms with Crippen molar-refractivity contribution in [1.29, 1.82) is 0 Å². The van der Waals surface area contributed by atoms with Crippen molar-refractivity contribution in [3.05, 3.63) is 38.8 Å². The van der Waals surface area contributed by atoms with Crippen LogP contribution in [0.25, 0.3) is 11.1 Å². The maximum Gasteiger partial charge on any atom is 0.0207 e. The summed E-state index contributed by atoms with van der Waals surface area (Å²) < 4.78 is 1.13. The zero-order valence-electron chi connectivity index (χ0n) is 7.76. The van der Waals surface area contributed by atoms with Gasteiger partial charge < -0.3 is 11.1 Å². The minimum atomic E-state index is 0. The second-order valence-electron chi connectivity index (χ2n) is 2.91. The fourth-order valence-corrected chi connectivity index (χ4v) is 2.07. The van der Waals surface area contributed by atoms with E-state index in [4.69, 9.17) is 5.73 Å². The van der Waals surface area contributed by atoms with Crippen molar-refractivity contribution in [3.63, 3.8) is 0 Å². The molecule has 0 atom stereocenters. The van der Waals surface area contributed by atoms with Gasteiger partial charge in [-0.1, -0.05) is 27.6 Å². The summed E-state index contributed by atoms with van der Waals surface area (Å²) in [5.41, 5.74) is 10.7. The standard InChI is InChI=1S/C9H9BrN2.2Ac/c10-8-1-2-9(11)7-5-12-4-3-6(7)8;;/h1-2,11H,3-5H2;;/q-2;;. The Morgan fingerprint density at radius 1 is 1.21 bits per heavy atom. The van der Waals surface area contributed by atoms with Crippen LogP contribution in [-0.4, -0.2) is 6.54 Å². The molecule has 14 heavy (non-hydrogen) atoms. The molecule has 0 unspecified atom stereocenters. The van der Waals surface area contributed by atoms with Gasteiger partial charge in [0.25, 0.3) is 0 Å². The Morgan fingerprint density at radius 3 is 2.57 bits per heavy atom. The number of fused-ring (bicyclic) bond motifs is 1. The number of rotatable bonds is 0. The first-order valence-corrected chi connectivity index (χ1v) is 4.73. The predicted octanol–water partition coefficient (Wildman–Crippen LogP) is 3.56. The normalized spacial score (nSPS) is 13.5. The van der Waals surface area contributed by atoms with Crippen LogP contribution in [0, 0.1) is 88.1 Å². The maximum atomic E-state index is 7.66. The molecule has 2 nitrogen and oxygen atoms in total. The molecule has 2 radical (unpaired) electrons. The van der Waals surface area contributed by atoms with Crippen molar-refractivity contribution in [2.75, 3.05) is 6.54 Å². The van der Waals surface area contributed by atoms with E-state index in [2.05, 4.69) is 21.2 Å². The zero-order valence-corrected chi connectivity index (χ0v) is 18.8. The van der Waals surface area contributed by atoms with Gasteiger partial charge >= 0.3 is 0 Å². The molecule has 0 aromatic heterocycles.